The zero-order chi connectivity index (χ0) is 11.5. The van der Waals surface area contributed by atoms with E-state index in [0.717, 1.165) is 31.4 Å². The molecule has 1 aromatic rings. The van der Waals surface area contributed by atoms with Crippen molar-refractivity contribution in [2.45, 2.75) is 6.18 Å². The van der Waals surface area contributed by atoms with E-state index in [0.29, 0.717) is 0 Å². The van der Waals surface area contributed by atoms with E-state index < -0.39 is 17.9 Å². The maximum absolute atomic E-state index is 12.1. The Hall–Kier alpha value is -1.72. The molecule has 0 saturated heterocycles. The van der Waals surface area contributed by atoms with Crippen molar-refractivity contribution in [3.8, 4) is 0 Å². The number of ether oxygens (including phenoxy) is 1. The number of esters is 1. The second kappa shape index (κ2) is 4.20. The van der Waals surface area contributed by atoms with Gasteiger partial charge in [-0.25, -0.2) is 4.79 Å². The van der Waals surface area contributed by atoms with Crippen LogP contribution in [0, 0.1) is 0 Å². The number of carbonyl (C=O) groups is 1. The fourth-order valence-corrected chi connectivity index (χ4v) is 0.813. The van der Waals surface area contributed by atoms with Crippen LogP contribution in [0.1, 0.15) is 11.5 Å². The zero-order valence-corrected chi connectivity index (χ0v) is 7.67. The highest BCUT2D eigenvalue weighted by molar-refractivity contribution is 5.86. The molecule has 0 unspecified atom stereocenters. The Bertz CT molecular complexity index is 376. The molecule has 0 spiro atoms. The van der Waals surface area contributed by atoms with Gasteiger partial charge in [-0.1, -0.05) is 0 Å². The summed E-state index contributed by atoms with van der Waals surface area (Å²) in [7, 11) is 1.16. The highest BCUT2D eigenvalue weighted by atomic mass is 19.4. The molecule has 0 aliphatic carbocycles. The van der Waals surface area contributed by atoms with Gasteiger partial charge < -0.3 is 9.15 Å². The Morgan fingerprint density at radius 1 is 1.47 bits per heavy atom. The maximum atomic E-state index is 12.1. The molecule has 0 bridgehead atoms. The van der Waals surface area contributed by atoms with E-state index in [1.54, 1.807) is 0 Å². The molecular formula is C9H7F3O3. The lowest BCUT2D eigenvalue weighted by atomic mass is 10.4. The van der Waals surface area contributed by atoms with Crippen LogP contribution in [0.15, 0.2) is 22.6 Å². The number of hydrogen-bond donors (Lipinski definition) is 0. The fourth-order valence-electron chi connectivity index (χ4n) is 0.813. The first-order chi connectivity index (χ1) is 6.93. The number of methoxy groups -OCH3 is 1. The molecule has 1 heterocycles. The highest BCUT2D eigenvalue weighted by Gasteiger charge is 2.34. The standard InChI is InChI=1S/C9H7F3O3/c1-14-8(13)5-3-6-2-4-7(15-6)9(10,11)12/h2-5H,1H3/b5-3+. The lowest BCUT2D eigenvalue weighted by Gasteiger charge is -1.99. The SMILES string of the molecule is COC(=O)/C=C/c1ccc(C(F)(F)F)o1. The van der Waals surface area contributed by atoms with Crippen molar-refractivity contribution >= 4 is 12.0 Å². The first-order valence-corrected chi connectivity index (χ1v) is 3.86. The van der Waals surface area contributed by atoms with E-state index in [9.17, 15) is 18.0 Å². The molecule has 0 atom stereocenters. The lowest BCUT2D eigenvalue weighted by Crippen LogP contribution is -2.01. The lowest BCUT2D eigenvalue weighted by molar-refractivity contribution is -0.153. The number of furan rings is 1. The number of halogens is 3. The summed E-state index contributed by atoms with van der Waals surface area (Å²) >= 11 is 0. The Labute approximate surface area is 83.1 Å². The van der Waals surface area contributed by atoms with Gasteiger partial charge in [-0.2, -0.15) is 13.2 Å². The van der Waals surface area contributed by atoms with Crippen LogP contribution in [0.3, 0.4) is 0 Å². The zero-order valence-electron chi connectivity index (χ0n) is 7.67. The average molecular weight is 220 g/mol. The van der Waals surface area contributed by atoms with Crippen molar-refractivity contribution in [3.05, 3.63) is 29.7 Å². The van der Waals surface area contributed by atoms with Crippen molar-refractivity contribution in [2.75, 3.05) is 7.11 Å². The minimum atomic E-state index is -4.52. The summed E-state index contributed by atoms with van der Waals surface area (Å²) in [6.45, 7) is 0. The van der Waals surface area contributed by atoms with E-state index in [2.05, 4.69) is 9.15 Å². The molecule has 0 N–H and O–H groups in total. The minimum Gasteiger partial charge on any atom is -0.466 e. The number of carbonyl (C=O) groups excluding carboxylic acids is 1. The molecule has 3 nitrogen and oxygen atoms in total. The van der Waals surface area contributed by atoms with Crippen LogP contribution < -0.4 is 0 Å². The summed E-state index contributed by atoms with van der Waals surface area (Å²) in [5.41, 5.74) is 0. The summed E-state index contributed by atoms with van der Waals surface area (Å²) in [4.78, 5) is 10.6. The smallest absolute Gasteiger partial charge is 0.449 e. The van der Waals surface area contributed by atoms with Gasteiger partial charge in [-0.3, -0.25) is 0 Å². The Morgan fingerprint density at radius 2 is 2.13 bits per heavy atom. The first-order valence-electron chi connectivity index (χ1n) is 3.86. The van der Waals surface area contributed by atoms with E-state index in [4.69, 9.17) is 0 Å². The van der Waals surface area contributed by atoms with Crippen molar-refractivity contribution in [3.63, 3.8) is 0 Å². The van der Waals surface area contributed by atoms with Crippen LogP contribution in [-0.2, 0) is 15.7 Å². The van der Waals surface area contributed by atoms with E-state index in [1.807, 2.05) is 0 Å². The molecule has 0 radical (unpaired) electrons. The van der Waals surface area contributed by atoms with Gasteiger partial charge in [0.15, 0.2) is 0 Å². The van der Waals surface area contributed by atoms with E-state index in [-0.39, 0.29) is 5.76 Å². The van der Waals surface area contributed by atoms with Gasteiger partial charge in [0.2, 0.25) is 5.76 Å². The van der Waals surface area contributed by atoms with Crippen LogP contribution >= 0.6 is 0 Å². The molecule has 0 saturated carbocycles. The largest absolute Gasteiger partial charge is 0.466 e. The quantitative estimate of drug-likeness (QED) is 0.567. The van der Waals surface area contributed by atoms with Crippen LogP contribution in [0.2, 0.25) is 0 Å². The predicted molar refractivity (Wildman–Crippen MR) is 44.8 cm³/mol. The molecule has 0 amide bonds. The Kier molecular flexibility index (Phi) is 3.18. The van der Waals surface area contributed by atoms with E-state index in [1.165, 1.54) is 0 Å². The third-order valence-electron chi connectivity index (χ3n) is 1.49. The van der Waals surface area contributed by atoms with Gasteiger partial charge in [0.1, 0.15) is 5.76 Å². The second-order valence-corrected chi connectivity index (χ2v) is 2.56. The monoisotopic (exact) mass is 220 g/mol. The van der Waals surface area contributed by atoms with Gasteiger partial charge in [0.25, 0.3) is 0 Å². The van der Waals surface area contributed by atoms with E-state index >= 15 is 0 Å². The van der Waals surface area contributed by atoms with Crippen molar-refractivity contribution < 1.29 is 27.1 Å². The topological polar surface area (TPSA) is 39.4 Å². The molecule has 15 heavy (non-hydrogen) atoms. The second-order valence-electron chi connectivity index (χ2n) is 2.56. The van der Waals surface area contributed by atoms with Gasteiger partial charge in [0.05, 0.1) is 7.11 Å². The Morgan fingerprint density at radius 3 is 2.60 bits per heavy atom. The first kappa shape index (κ1) is 11.4. The summed E-state index contributed by atoms with van der Waals surface area (Å²) in [6.07, 6.45) is -2.45. The number of rotatable bonds is 2. The molecule has 6 heteroatoms. The molecule has 1 rings (SSSR count). The maximum Gasteiger partial charge on any atom is 0.449 e. The van der Waals surface area contributed by atoms with Crippen molar-refractivity contribution in [1.29, 1.82) is 0 Å². The minimum absolute atomic E-state index is 0.0623. The molecule has 0 aromatic carbocycles. The van der Waals surface area contributed by atoms with Crippen LogP contribution in [-0.4, -0.2) is 13.1 Å². The molecule has 1 aromatic heterocycles. The molecule has 82 valence electrons. The van der Waals surface area contributed by atoms with Gasteiger partial charge in [-0.05, 0) is 18.2 Å². The summed E-state index contributed by atoms with van der Waals surface area (Å²) in [5.74, 6) is -1.83. The molecule has 0 fully saturated rings. The van der Waals surface area contributed by atoms with Crippen molar-refractivity contribution in [1.82, 2.24) is 0 Å². The average Bonchev–Trinajstić information content (AvgIpc) is 2.61. The summed E-state index contributed by atoms with van der Waals surface area (Å²) in [5, 5.41) is 0. The number of hydrogen-bond acceptors (Lipinski definition) is 3. The molecular weight excluding hydrogens is 213 g/mol. The van der Waals surface area contributed by atoms with Gasteiger partial charge in [0, 0.05) is 6.08 Å². The summed E-state index contributed by atoms with van der Waals surface area (Å²) < 4.78 is 44.9. The van der Waals surface area contributed by atoms with Gasteiger partial charge >= 0.3 is 12.1 Å². The third kappa shape index (κ3) is 3.16. The highest BCUT2D eigenvalue weighted by Crippen LogP contribution is 2.30. The van der Waals surface area contributed by atoms with Gasteiger partial charge in [-0.15, -0.1) is 0 Å². The fraction of sp³-hybridized carbons (Fsp3) is 0.222. The normalized spacial score (nSPS) is 12.0. The Balaban J connectivity index is 2.77. The summed E-state index contributed by atoms with van der Waals surface area (Å²) in [6, 6.07) is 1.90. The van der Waals surface area contributed by atoms with Crippen LogP contribution in [0.5, 0.6) is 0 Å². The molecule has 0 aliphatic rings. The predicted octanol–water partition coefficient (Wildman–Crippen LogP) is 2.48. The molecule has 0 aliphatic heterocycles. The number of alkyl halides is 3. The third-order valence-corrected chi connectivity index (χ3v) is 1.49. The van der Waals surface area contributed by atoms with Crippen LogP contribution in [0.4, 0.5) is 13.2 Å². The van der Waals surface area contributed by atoms with Crippen molar-refractivity contribution in [2.24, 2.45) is 0 Å². The van der Waals surface area contributed by atoms with Crippen LogP contribution in [0.25, 0.3) is 6.08 Å².